The Kier molecular flexibility index (Phi) is 3.41. The summed E-state index contributed by atoms with van der Waals surface area (Å²) in [5, 5.41) is 30.6. The summed E-state index contributed by atoms with van der Waals surface area (Å²) in [4.78, 5) is 35.2. The number of rotatable bonds is 4. The van der Waals surface area contributed by atoms with Crippen LogP contribution in [-0.4, -0.2) is 28.4 Å². The quantitative estimate of drug-likeness (QED) is 0.643. The molecule has 0 bridgehead atoms. The number of aliphatic imine (C=N–C) groups is 1. The first-order chi connectivity index (χ1) is 9.47. The van der Waals surface area contributed by atoms with Crippen molar-refractivity contribution in [3.63, 3.8) is 0 Å². The molecule has 1 amide bonds. The number of carbonyl (C=O) groups excluding carboxylic acids is 1. The summed E-state index contributed by atoms with van der Waals surface area (Å²) < 4.78 is 0. The molecule has 0 fully saturated rings. The van der Waals surface area contributed by atoms with Gasteiger partial charge in [0.15, 0.2) is 0 Å². The number of non-ortho nitro benzene ring substituents is 2. The van der Waals surface area contributed by atoms with Crippen molar-refractivity contribution in [1.29, 1.82) is 0 Å². The molecule has 11 nitrogen and oxygen atoms in total. The predicted octanol–water partition coefficient (Wildman–Crippen LogP) is 1.01. The van der Waals surface area contributed by atoms with Gasteiger partial charge in [0.1, 0.15) is 6.34 Å². The summed E-state index contributed by atoms with van der Waals surface area (Å²) in [7, 11) is 0. The normalized spacial score (nSPS) is 16.1. The standard InChI is InChI=1S/C9H6N6O5/c16-8(12-9-10-4-11-13-9)5-1-6(14(17)18)3-7(2-5)15(19)20/h1-4,9H,(H,12,16)/t9-/m0/s1. The number of carbonyl (C=O) groups is 1. The van der Waals surface area contributed by atoms with Gasteiger partial charge in [-0.15, -0.1) is 10.2 Å². The van der Waals surface area contributed by atoms with E-state index in [-0.39, 0.29) is 5.56 Å². The molecule has 1 aromatic carbocycles. The summed E-state index contributed by atoms with van der Waals surface area (Å²) in [6, 6.07) is 2.63. The van der Waals surface area contributed by atoms with Crippen LogP contribution in [0.3, 0.4) is 0 Å². The number of hydrogen-bond donors (Lipinski definition) is 1. The van der Waals surface area contributed by atoms with Crippen molar-refractivity contribution in [2.75, 3.05) is 0 Å². The maximum absolute atomic E-state index is 11.8. The van der Waals surface area contributed by atoms with Gasteiger partial charge in [-0.3, -0.25) is 25.0 Å². The molecule has 1 aromatic rings. The fourth-order valence-corrected chi connectivity index (χ4v) is 1.42. The Morgan fingerprint density at radius 2 is 1.75 bits per heavy atom. The topological polar surface area (TPSA) is 152 Å². The van der Waals surface area contributed by atoms with Crippen molar-refractivity contribution in [2.24, 2.45) is 15.2 Å². The SMILES string of the molecule is O=C(N[C@@H]1N=CN=N1)c1cc([N+](=O)[O-])cc([N+](=O)[O-])c1. The van der Waals surface area contributed by atoms with Crippen molar-refractivity contribution in [3.05, 3.63) is 44.0 Å². The molecule has 0 unspecified atom stereocenters. The first-order valence-electron chi connectivity index (χ1n) is 5.14. The lowest BCUT2D eigenvalue weighted by molar-refractivity contribution is -0.394. The molecule has 0 spiro atoms. The minimum absolute atomic E-state index is 0.233. The van der Waals surface area contributed by atoms with Gasteiger partial charge in [-0.25, -0.2) is 4.99 Å². The fraction of sp³-hybridized carbons (Fsp3) is 0.111. The van der Waals surface area contributed by atoms with Gasteiger partial charge in [-0.05, 0) is 0 Å². The van der Waals surface area contributed by atoms with E-state index in [4.69, 9.17) is 0 Å². The van der Waals surface area contributed by atoms with Crippen molar-refractivity contribution >= 4 is 23.6 Å². The largest absolute Gasteiger partial charge is 0.310 e. The summed E-state index contributed by atoms with van der Waals surface area (Å²) in [6.07, 6.45) is 0.196. The van der Waals surface area contributed by atoms with Crippen LogP contribution < -0.4 is 5.32 Å². The van der Waals surface area contributed by atoms with Crippen molar-refractivity contribution in [3.8, 4) is 0 Å². The molecule has 1 heterocycles. The van der Waals surface area contributed by atoms with E-state index in [1.807, 2.05) is 0 Å². The van der Waals surface area contributed by atoms with E-state index in [1.54, 1.807) is 0 Å². The molecule has 102 valence electrons. The van der Waals surface area contributed by atoms with Crippen LogP contribution in [0.5, 0.6) is 0 Å². The molecule has 0 radical (unpaired) electrons. The van der Waals surface area contributed by atoms with E-state index in [1.165, 1.54) is 0 Å². The molecule has 1 N–H and O–H groups in total. The highest BCUT2D eigenvalue weighted by molar-refractivity contribution is 5.95. The van der Waals surface area contributed by atoms with Gasteiger partial charge in [-0.2, -0.15) is 0 Å². The van der Waals surface area contributed by atoms with E-state index in [0.29, 0.717) is 0 Å². The van der Waals surface area contributed by atoms with E-state index in [2.05, 4.69) is 20.5 Å². The van der Waals surface area contributed by atoms with Gasteiger partial charge in [-0.1, -0.05) is 0 Å². The molecule has 1 aliphatic rings. The molecule has 0 aliphatic carbocycles. The molecule has 1 aliphatic heterocycles. The van der Waals surface area contributed by atoms with E-state index >= 15 is 0 Å². The lowest BCUT2D eigenvalue weighted by atomic mass is 10.1. The molecule has 0 aromatic heterocycles. The first kappa shape index (κ1) is 13.2. The zero-order chi connectivity index (χ0) is 14.7. The van der Waals surface area contributed by atoms with E-state index < -0.39 is 33.4 Å². The predicted molar refractivity (Wildman–Crippen MR) is 64.4 cm³/mol. The molecular formula is C9H6N6O5. The average molecular weight is 278 g/mol. The van der Waals surface area contributed by atoms with Crippen molar-refractivity contribution < 1.29 is 14.6 Å². The van der Waals surface area contributed by atoms with Crippen LogP contribution in [0, 0.1) is 20.2 Å². The Balaban J connectivity index is 2.31. The monoisotopic (exact) mass is 278 g/mol. The maximum Gasteiger partial charge on any atom is 0.277 e. The van der Waals surface area contributed by atoms with Gasteiger partial charge in [0.25, 0.3) is 17.3 Å². The molecule has 0 saturated heterocycles. The van der Waals surface area contributed by atoms with Gasteiger partial charge < -0.3 is 5.32 Å². The molecule has 2 rings (SSSR count). The van der Waals surface area contributed by atoms with Crippen LogP contribution >= 0.6 is 0 Å². The van der Waals surface area contributed by atoms with E-state index in [0.717, 1.165) is 24.5 Å². The molecule has 1 atom stereocenters. The smallest absolute Gasteiger partial charge is 0.277 e. The third-order valence-corrected chi connectivity index (χ3v) is 2.28. The highest BCUT2D eigenvalue weighted by Gasteiger charge is 2.21. The Morgan fingerprint density at radius 1 is 1.15 bits per heavy atom. The number of benzene rings is 1. The minimum Gasteiger partial charge on any atom is -0.310 e. The molecular weight excluding hydrogens is 272 g/mol. The van der Waals surface area contributed by atoms with Crippen LogP contribution in [-0.2, 0) is 0 Å². The maximum atomic E-state index is 11.8. The minimum atomic E-state index is -0.930. The van der Waals surface area contributed by atoms with Gasteiger partial charge in [0.2, 0.25) is 6.29 Å². The Bertz CT molecular complexity index is 610. The summed E-state index contributed by atoms with van der Waals surface area (Å²) in [5.41, 5.74) is -1.34. The second-order valence-electron chi connectivity index (χ2n) is 3.59. The zero-order valence-corrected chi connectivity index (χ0v) is 9.66. The van der Waals surface area contributed by atoms with Crippen molar-refractivity contribution in [1.82, 2.24) is 5.32 Å². The Hall–Kier alpha value is -3.24. The van der Waals surface area contributed by atoms with Crippen LogP contribution in [0.25, 0.3) is 0 Å². The number of nitrogens with zero attached hydrogens (tertiary/aromatic N) is 5. The van der Waals surface area contributed by atoms with Crippen LogP contribution in [0.2, 0.25) is 0 Å². The van der Waals surface area contributed by atoms with Gasteiger partial charge in [0.05, 0.1) is 21.5 Å². The lowest BCUT2D eigenvalue weighted by Crippen LogP contribution is -2.31. The molecule has 11 heteroatoms. The zero-order valence-electron chi connectivity index (χ0n) is 9.66. The summed E-state index contributed by atoms with van der Waals surface area (Å²) in [5.74, 6) is -0.778. The van der Waals surface area contributed by atoms with Crippen LogP contribution in [0.4, 0.5) is 11.4 Å². The number of hydrogen-bond acceptors (Lipinski definition) is 8. The highest BCUT2D eigenvalue weighted by atomic mass is 16.6. The third kappa shape index (κ3) is 2.77. The number of azo groups is 1. The number of nitro benzene ring substituents is 2. The second-order valence-corrected chi connectivity index (χ2v) is 3.59. The Labute approximate surface area is 110 Å². The van der Waals surface area contributed by atoms with Gasteiger partial charge in [0, 0.05) is 12.1 Å². The number of amides is 1. The second kappa shape index (κ2) is 5.17. The summed E-state index contributed by atoms with van der Waals surface area (Å²) >= 11 is 0. The highest BCUT2D eigenvalue weighted by Crippen LogP contribution is 2.22. The van der Waals surface area contributed by atoms with E-state index in [9.17, 15) is 25.0 Å². The lowest BCUT2D eigenvalue weighted by Gasteiger charge is -2.06. The molecule has 20 heavy (non-hydrogen) atoms. The molecule has 0 saturated carbocycles. The van der Waals surface area contributed by atoms with Crippen molar-refractivity contribution in [2.45, 2.75) is 6.29 Å². The average Bonchev–Trinajstić information content (AvgIpc) is 2.90. The number of nitro groups is 2. The third-order valence-electron chi connectivity index (χ3n) is 2.28. The first-order valence-corrected chi connectivity index (χ1v) is 5.14. The summed E-state index contributed by atoms with van der Waals surface area (Å²) in [6.45, 7) is 0. The van der Waals surface area contributed by atoms with Crippen LogP contribution in [0.1, 0.15) is 10.4 Å². The Morgan fingerprint density at radius 3 is 2.20 bits per heavy atom. The van der Waals surface area contributed by atoms with Crippen LogP contribution in [0.15, 0.2) is 33.4 Å². The fourth-order valence-electron chi connectivity index (χ4n) is 1.42. The van der Waals surface area contributed by atoms with Gasteiger partial charge >= 0.3 is 0 Å². The number of nitrogens with one attached hydrogen (secondary N) is 1.